The predicted molar refractivity (Wildman–Crippen MR) is 104 cm³/mol. The molecular weight excluding hydrogens is 346 g/mol. The number of rotatable bonds is 6. The van der Waals surface area contributed by atoms with Gasteiger partial charge in [-0.15, -0.1) is 0 Å². The molecule has 0 atom stereocenters. The molecule has 2 rings (SSSR count). The maximum absolute atomic E-state index is 12.1. The minimum atomic E-state index is -0.527. The number of non-ortho nitro benzene ring substituents is 1. The predicted octanol–water partition coefficient (Wildman–Crippen LogP) is 3.65. The Morgan fingerprint density at radius 3 is 2.33 bits per heavy atom. The van der Waals surface area contributed by atoms with Gasteiger partial charge in [0.25, 0.3) is 11.6 Å². The van der Waals surface area contributed by atoms with Crippen LogP contribution in [0.5, 0.6) is 0 Å². The first kappa shape index (κ1) is 20.1. The van der Waals surface area contributed by atoms with E-state index in [-0.39, 0.29) is 35.9 Å². The summed E-state index contributed by atoms with van der Waals surface area (Å²) in [6.45, 7) is 6.47. The van der Waals surface area contributed by atoms with Crippen molar-refractivity contribution in [2.45, 2.75) is 32.6 Å². The van der Waals surface area contributed by atoms with Crippen LogP contribution in [0.15, 0.2) is 48.5 Å². The van der Waals surface area contributed by atoms with Crippen LogP contribution in [0.3, 0.4) is 0 Å². The van der Waals surface area contributed by atoms with Crippen LogP contribution >= 0.6 is 0 Å². The molecule has 27 heavy (non-hydrogen) atoms. The van der Waals surface area contributed by atoms with Gasteiger partial charge in [-0.05, 0) is 29.2 Å². The maximum Gasteiger partial charge on any atom is 0.271 e. The fourth-order valence-electron chi connectivity index (χ4n) is 2.43. The fourth-order valence-corrected chi connectivity index (χ4v) is 2.43. The van der Waals surface area contributed by atoms with Crippen LogP contribution in [0.2, 0.25) is 0 Å². The number of hydrogen-bond acceptors (Lipinski definition) is 4. The number of anilines is 1. The number of carbonyl (C=O) groups is 2. The van der Waals surface area contributed by atoms with Crippen LogP contribution in [-0.4, -0.2) is 23.3 Å². The SMILES string of the molecule is CC(C)(C)c1ccc(C(=O)NCCC(=O)Nc2cccc([N+](=O)[O-])c2)cc1. The molecule has 0 spiro atoms. The summed E-state index contributed by atoms with van der Waals surface area (Å²) in [6, 6.07) is 13.1. The highest BCUT2D eigenvalue weighted by atomic mass is 16.6. The second-order valence-corrected chi connectivity index (χ2v) is 7.19. The van der Waals surface area contributed by atoms with E-state index in [1.807, 2.05) is 12.1 Å². The Labute approximate surface area is 157 Å². The van der Waals surface area contributed by atoms with Crippen molar-refractivity contribution >= 4 is 23.2 Å². The number of carbonyl (C=O) groups excluding carboxylic acids is 2. The van der Waals surface area contributed by atoms with Crippen molar-refractivity contribution in [3.8, 4) is 0 Å². The summed E-state index contributed by atoms with van der Waals surface area (Å²) < 4.78 is 0. The van der Waals surface area contributed by atoms with Gasteiger partial charge in [-0.1, -0.05) is 39.0 Å². The van der Waals surface area contributed by atoms with Gasteiger partial charge >= 0.3 is 0 Å². The summed E-state index contributed by atoms with van der Waals surface area (Å²) >= 11 is 0. The second-order valence-electron chi connectivity index (χ2n) is 7.19. The zero-order chi connectivity index (χ0) is 20.0. The third kappa shape index (κ3) is 5.91. The lowest BCUT2D eigenvalue weighted by molar-refractivity contribution is -0.384. The van der Waals surface area contributed by atoms with Gasteiger partial charge in [0.15, 0.2) is 0 Å². The Bertz CT molecular complexity index is 839. The molecule has 0 heterocycles. The molecule has 0 aliphatic heterocycles. The average Bonchev–Trinajstić information content (AvgIpc) is 2.61. The second kappa shape index (κ2) is 8.44. The molecule has 2 aromatic carbocycles. The molecule has 2 aromatic rings. The highest BCUT2D eigenvalue weighted by molar-refractivity contribution is 5.95. The lowest BCUT2D eigenvalue weighted by atomic mass is 9.87. The van der Waals surface area contributed by atoms with E-state index >= 15 is 0 Å². The molecule has 0 aliphatic carbocycles. The zero-order valence-corrected chi connectivity index (χ0v) is 15.6. The normalized spacial score (nSPS) is 10.9. The van der Waals surface area contributed by atoms with Gasteiger partial charge in [-0.2, -0.15) is 0 Å². The third-order valence-electron chi connectivity index (χ3n) is 3.99. The summed E-state index contributed by atoms with van der Waals surface area (Å²) in [5.74, 6) is -0.586. The van der Waals surface area contributed by atoms with Crippen LogP contribution < -0.4 is 10.6 Å². The highest BCUT2D eigenvalue weighted by Crippen LogP contribution is 2.22. The van der Waals surface area contributed by atoms with Gasteiger partial charge in [-0.25, -0.2) is 0 Å². The Morgan fingerprint density at radius 1 is 1.07 bits per heavy atom. The molecule has 0 unspecified atom stereocenters. The Morgan fingerprint density at radius 2 is 1.74 bits per heavy atom. The Kier molecular flexibility index (Phi) is 6.28. The molecule has 7 heteroatoms. The molecule has 2 amide bonds. The van der Waals surface area contributed by atoms with Crippen LogP contribution in [0.1, 0.15) is 43.1 Å². The number of nitro benzene ring substituents is 1. The molecule has 0 fully saturated rings. The molecule has 0 saturated heterocycles. The first-order valence-corrected chi connectivity index (χ1v) is 8.60. The Hall–Kier alpha value is -3.22. The van der Waals surface area contributed by atoms with E-state index in [9.17, 15) is 19.7 Å². The largest absolute Gasteiger partial charge is 0.352 e. The molecule has 0 aliphatic rings. The summed E-state index contributed by atoms with van der Waals surface area (Å²) in [7, 11) is 0. The summed E-state index contributed by atoms with van der Waals surface area (Å²) in [5, 5.41) is 16.0. The van der Waals surface area contributed by atoms with Crippen molar-refractivity contribution in [1.29, 1.82) is 0 Å². The van der Waals surface area contributed by atoms with E-state index in [0.29, 0.717) is 11.3 Å². The standard InChI is InChI=1S/C20H23N3O4/c1-20(2,3)15-9-7-14(8-10-15)19(25)21-12-11-18(24)22-16-5-4-6-17(13-16)23(26)27/h4-10,13H,11-12H2,1-3H3,(H,21,25)(H,22,24). The number of hydrogen-bond donors (Lipinski definition) is 2. The average molecular weight is 369 g/mol. The molecule has 2 N–H and O–H groups in total. The molecule has 142 valence electrons. The van der Waals surface area contributed by atoms with E-state index in [1.54, 1.807) is 18.2 Å². The van der Waals surface area contributed by atoms with Crippen molar-refractivity contribution in [1.82, 2.24) is 5.32 Å². The minimum Gasteiger partial charge on any atom is -0.352 e. The smallest absolute Gasteiger partial charge is 0.271 e. The quantitative estimate of drug-likeness (QED) is 0.599. The Balaban J connectivity index is 1.83. The molecule has 0 saturated carbocycles. The summed E-state index contributed by atoms with van der Waals surface area (Å²) in [4.78, 5) is 34.3. The first-order chi connectivity index (χ1) is 12.7. The van der Waals surface area contributed by atoms with E-state index < -0.39 is 4.92 Å². The number of nitro groups is 1. The van der Waals surface area contributed by atoms with Gasteiger partial charge in [0.2, 0.25) is 5.91 Å². The van der Waals surface area contributed by atoms with Crippen LogP contribution in [0.25, 0.3) is 0 Å². The lowest BCUT2D eigenvalue weighted by Gasteiger charge is -2.19. The van der Waals surface area contributed by atoms with E-state index in [0.717, 1.165) is 5.56 Å². The fraction of sp³-hybridized carbons (Fsp3) is 0.300. The van der Waals surface area contributed by atoms with Crippen molar-refractivity contribution < 1.29 is 14.5 Å². The van der Waals surface area contributed by atoms with Gasteiger partial charge in [0, 0.05) is 36.3 Å². The van der Waals surface area contributed by atoms with E-state index in [2.05, 4.69) is 31.4 Å². The van der Waals surface area contributed by atoms with Crippen molar-refractivity contribution in [3.05, 3.63) is 69.8 Å². The summed E-state index contributed by atoms with van der Waals surface area (Å²) in [5.41, 5.74) is 1.93. The molecular formula is C20H23N3O4. The molecule has 0 bridgehead atoms. The van der Waals surface area contributed by atoms with Crippen molar-refractivity contribution in [2.75, 3.05) is 11.9 Å². The molecule has 0 radical (unpaired) electrons. The summed E-state index contributed by atoms with van der Waals surface area (Å²) in [6.07, 6.45) is 0.0640. The van der Waals surface area contributed by atoms with Crippen LogP contribution in [-0.2, 0) is 10.2 Å². The van der Waals surface area contributed by atoms with Crippen LogP contribution in [0, 0.1) is 10.1 Å². The molecule has 7 nitrogen and oxygen atoms in total. The van der Waals surface area contributed by atoms with E-state index in [4.69, 9.17) is 0 Å². The number of amides is 2. The van der Waals surface area contributed by atoms with Gasteiger partial charge in [0.1, 0.15) is 0 Å². The number of benzene rings is 2. The third-order valence-corrected chi connectivity index (χ3v) is 3.99. The van der Waals surface area contributed by atoms with Gasteiger partial charge in [-0.3, -0.25) is 19.7 Å². The van der Waals surface area contributed by atoms with Crippen LogP contribution in [0.4, 0.5) is 11.4 Å². The topological polar surface area (TPSA) is 101 Å². The van der Waals surface area contributed by atoms with E-state index in [1.165, 1.54) is 18.2 Å². The van der Waals surface area contributed by atoms with Crippen molar-refractivity contribution in [3.63, 3.8) is 0 Å². The number of nitrogens with one attached hydrogen (secondary N) is 2. The lowest BCUT2D eigenvalue weighted by Crippen LogP contribution is -2.27. The van der Waals surface area contributed by atoms with Gasteiger partial charge < -0.3 is 10.6 Å². The monoisotopic (exact) mass is 369 g/mol. The van der Waals surface area contributed by atoms with Gasteiger partial charge in [0.05, 0.1) is 4.92 Å². The highest BCUT2D eigenvalue weighted by Gasteiger charge is 2.14. The molecule has 0 aromatic heterocycles. The number of nitrogens with zero attached hydrogens (tertiary/aromatic N) is 1. The minimum absolute atomic E-state index is 0.0135. The maximum atomic E-state index is 12.1. The zero-order valence-electron chi connectivity index (χ0n) is 15.6. The van der Waals surface area contributed by atoms with Crippen molar-refractivity contribution in [2.24, 2.45) is 0 Å². The first-order valence-electron chi connectivity index (χ1n) is 8.60.